The number of hydrogen-bond donors (Lipinski definition) is 1. The zero-order valence-electron chi connectivity index (χ0n) is 7.43. The van der Waals surface area contributed by atoms with E-state index in [-0.39, 0.29) is 0 Å². The van der Waals surface area contributed by atoms with Gasteiger partial charge in [0.1, 0.15) is 0 Å². The van der Waals surface area contributed by atoms with Crippen molar-refractivity contribution >= 4 is 5.69 Å². The number of hydrogen-bond acceptors (Lipinski definition) is 1. The van der Waals surface area contributed by atoms with Crippen LogP contribution < -0.4 is 5.32 Å². The fourth-order valence-corrected chi connectivity index (χ4v) is 0.996. The molecule has 0 bridgehead atoms. The highest BCUT2D eigenvalue weighted by Crippen LogP contribution is 2.30. The first-order valence-electron chi connectivity index (χ1n) is 4.06. The Labute approximate surface area is 80.2 Å². The van der Waals surface area contributed by atoms with Gasteiger partial charge in [0.25, 0.3) is 0 Å². The highest BCUT2D eigenvalue weighted by Gasteiger charge is 2.30. The number of benzene rings is 1. The number of rotatable bonds is 3. The molecular formula is C10H10F3N. The third-order valence-electron chi connectivity index (χ3n) is 1.64. The second kappa shape index (κ2) is 4.17. The lowest BCUT2D eigenvalue weighted by Gasteiger charge is -2.09. The molecule has 1 N–H and O–H groups in total. The van der Waals surface area contributed by atoms with Gasteiger partial charge in [0, 0.05) is 12.2 Å². The van der Waals surface area contributed by atoms with Crippen LogP contribution in [0.5, 0.6) is 0 Å². The molecule has 1 aromatic carbocycles. The molecule has 1 nitrogen and oxygen atoms in total. The maximum Gasteiger partial charge on any atom is 0.416 e. The van der Waals surface area contributed by atoms with Gasteiger partial charge in [0.05, 0.1) is 5.56 Å². The molecule has 0 fully saturated rings. The van der Waals surface area contributed by atoms with E-state index in [0.717, 1.165) is 12.1 Å². The summed E-state index contributed by atoms with van der Waals surface area (Å²) < 4.78 is 36.7. The number of alkyl halides is 3. The molecule has 4 heteroatoms. The van der Waals surface area contributed by atoms with Gasteiger partial charge in [0.2, 0.25) is 0 Å². The lowest BCUT2D eigenvalue weighted by molar-refractivity contribution is -0.137. The van der Waals surface area contributed by atoms with Crippen LogP contribution >= 0.6 is 0 Å². The second-order valence-corrected chi connectivity index (χ2v) is 2.75. The molecule has 0 amide bonds. The summed E-state index contributed by atoms with van der Waals surface area (Å²) >= 11 is 0. The smallest absolute Gasteiger partial charge is 0.382 e. The molecular weight excluding hydrogens is 191 g/mol. The van der Waals surface area contributed by atoms with E-state index in [9.17, 15) is 13.2 Å². The predicted octanol–water partition coefficient (Wildman–Crippen LogP) is 3.30. The Bertz CT molecular complexity index is 317. The van der Waals surface area contributed by atoms with Gasteiger partial charge in [-0.15, -0.1) is 6.58 Å². The van der Waals surface area contributed by atoms with E-state index in [2.05, 4.69) is 11.9 Å². The summed E-state index contributed by atoms with van der Waals surface area (Å²) in [5, 5.41) is 2.79. The summed E-state index contributed by atoms with van der Waals surface area (Å²) in [6, 6.07) is 5.07. The molecule has 0 unspecified atom stereocenters. The van der Waals surface area contributed by atoms with Gasteiger partial charge in [-0.25, -0.2) is 0 Å². The van der Waals surface area contributed by atoms with Crippen LogP contribution in [0.25, 0.3) is 0 Å². The lowest BCUT2D eigenvalue weighted by atomic mass is 10.2. The highest BCUT2D eigenvalue weighted by atomic mass is 19.4. The lowest BCUT2D eigenvalue weighted by Crippen LogP contribution is -2.06. The van der Waals surface area contributed by atoms with E-state index in [1.807, 2.05) is 0 Å². The Morgan fingerprint density at radius 1 is 1.36 bits per heavy atom. The van der Waals surface area contributed by atoms with Crippen LogP contribution in [-0.2, 0) is 6.18 Å². The number of nitrogens with one attached hydrogen (secondary N) is 1. The van der Waals surface area contributed by atoms with Gasteiger partial charge in [-0.3, -0.25) is 0 Å². The SMILES string of the molecule is C=CCNc1cccc(C(F)(F)F)c1. The van der Waals surface area contributed by atoms with Crippen molar-refractivity contribution in [2.75, 3.05) is 11.9 Å². The zero-order chi connectivity index (χ0) is 10.6. The van der Waals surface area contributed by atoms with Gasteiger partial charge in [-0.2, -0.15) is 13.2 Å². The van der Waals surface area contributed by atoms with Crippen molar-refractivity contribution in [3.05, 3.63) is 42.5 Å². The van der Waals surface area contributed by atoms with Crippen LogP contribution in [0, 0.1) is 0 Å². The first-order valence-corrected chi connectivity index (χ1v) is 4.06. The van der Waals surface area contributed by atoms with Gasteiger partial charge in [-0.1, -0.05) is 12.1 Å². The van der Waals surface area contributed by atoms with Crippen LogP contribution in [0.3, 0.4) is 0 Å². The monoisotopic (exact) mass is 201 g/mol. The quantitative estimate of drug-likeness (QED) is 0.740. The van der Waals surface area contributed by atoms with Crippen LogP contribution in [0.2, 0.25) is 0 Å². The maximum atomic E-state index is 12.2. The van der Waals surface area contributed by atoms with Gasteiger partial charge in [0.15, 0.2) is 0 Å². The topological polar surface area (TPSA) is 12.0 Å². The molecule has 0 saturated carbocycles. The molecule has 0 saturated heterocycles. The van der Waals surface area contributed by atoms with Crippen molar-refractivity contribution in [3.63, 3.8) is 0 Å². The van der Waals surface area contributed by atoms with E-state index < -0.39 is 11.7 Å². The van der Waals surface area contributed by atoms with Crippen LogP contribution in [-0.4, -0.2) is 6.54 Å². The summed E-state index contributed by atoms with van der Waals surface area (Å²) in [6.45, 7) is 3.91. The Kier molecular flexibility index (Phi) is 3.17. The maximum absolute atomic E-state index is 12.2. The summed E-state index contributed by atoms with van der Waals surface area (Å²) in [7, 11) is 0. The van der Waals surface area contributed by atoms with E-state index in [1.165, 1.54) is 6.07 Å². The molecule has 0 aliphatic rings. The molecule has 0 aliphatic heterocycles. The van der Waals surface area contributed by atoms with Crippen molar-refractivity contribution in [1.29, 1.82) is 0 Å². The Morgan fingerprint density at radius 2 is 2.07 bits per heavy atom. The van der Waals surface area contributed by atoms with Crippen LogP contribution in [0.1, 0.15) is 5.56 Å². The van der Waals surface area contributed by atoms with E-state index in [0.29, 0.717) is 12.2 Å². The first kappa shape index (κ1) is 10.6. The molecule has 1 rings (SSSR count). The van der Waals surface area contributed by atoms with E-state index in [4.69, 9.17) is 0 Å². The minimum Gasteiger partial charge on any atom is -0.382 e. The fourth-order valence-electron chi connectivity index (χ4n) is 0.996. The molecule has 0 aliphatic carbocycles. The second-order valence-electron chi connectivity index (χ2n) is 2.75. The standard InChI is InChI=1S/C10H10F3N/c1-2-6-14-9-5-3-4-8(7-9)10(11,12)13/h2-5,7,14H,1,6H2. The summed E-state index contributed by atoms with van der Waals surface area (Å²) in [5.41, 5.74) is -0.203. The molecule has 14 heavy (non-hydrogen) atoms. The largest absolute Gasteiger partial charge is 0.416 e. The van der Waals surface area contributed by atoms with Crippen molar-refractivity contribution in [2.24, 2.45) is 0 Å². The molecule has 0 atom stereocenters. The van der Waals surface area contributed by atoms with Crippen molar-refractivity contribution in [2.45, 2.75) is 6.18 Å². The molecule has 0 spiro atoms. The zero-order valence-corrected chi connectivity index (χ0v) is 7.43. The molecule has 0 aromatic heterocycles. The minimum atomic E-state index is -4.29. The first-order chi connectivity index (χ1) is 6.54. The van der Waals surface area contributed by atoms with E-state index in [1.54, 1.807) is 12.1 Å². The predicted molar refractivity (Wildman–Crippen MR) is 50.1 cm³/mol. The van der Waals surface area contributed by atoms with Crippen molar-refractivity contribution in [1.82, 2.24) is 0 Å². The summed E-state index contributed by atoms with van der Waals surface area (Å²) in [6.07, 6.45) is -2.70. The summed E-state index contributed by atoms with van der Waals surface area (Å²) in [5.74, 6) is 0. The Hall–Kier alpha value is -1.45. The van der Waals surface area contributed by atoms with Crippen LogP contribution in [0.4, 0.5) is 18.9 Å². The molecule has 1 aromatic rings. The van der Waals surface area contributed by atoms with Gasteiger partial charge < -0.3 is 5.32 Å². The third-order valence-corrected chi connectivity index (χ3v) is 1.64. The normalized spacial score (nSPS) is 11.1. The summed E-state index contributed by atoms with van der Waals surface area (Å²) in [4.78, 5) is 0. The van der Waals surface area contributed by atoms with Gasteiger partial charge >= 0.3 is 6.18 Å². The average Bonchev–Trinajstić information content (AvgIpc) is 2.14. The van der Waals surface area contributed by atoms with E-state index >= 15 is 0 Å². The Morgan fingerprint density at radius 3 is 2.64 bits per heavy atom. The van der Waals surface area contributed by atoms with Crippen molar-refractivity contribution < 1.29 is 13.2 Å². The number of anilines is 1. The molecule has 0 radical (unpaired) electrons. The third kappa shape index (κ3) is 2.80. The number of halogens is 3. The van der Waals surface area contributed by atoms with Crippen molar-refractivity contribution in [3.8, 4) is 0 Å². The van der Waals surface area contributed by atoms with Crippen LogP contribution in [0.15, 0.2) is 36.9 Å². The molecule has 76 valence electrons. The average molecular weight is 201 g/mol. The minimum absolute atomic E-state index is 0.444. The Balaban J connectivity index is 2.84. The van der Waals surface area contributed by atoms with Gasteiger partial charge in [-0.05, 0) is 18.2 Å². The highest BCUT2D eigenvalue weighted by molar-refractivity contribution is 5.46. The fraction of sp³-hybridized carbons (Fsp3) is 0.200. The molecule has 0 heterocycles.